The lowest BCUT2D eigenvalue weighted by Gasteiger charge is -2.30. The van der Waals surface area contributed by atoms with Crippen LogP contribution in [-0.4, -0.2) is 22.9 Å². The summed E-state index contributed by atoms with van der Waals surface area (Å²) in [6.45, 7) is 7.69. The first-order valence-electron chi connectivity index (χ1n) is 5.55. The van der Waals surface area contributed by atoms with E-state index < -0.39 is 5.41 Å². The summed E-state index contributed by atoms with van der Waals surface area (Å²) in [6.07, 6.45) is 0.600. The Morgan fingerprint density at radius 3 is 2.88 bits per heavy atom. The lowest BCUT2D eigenvalue weighted by atomic mass is 9.78. The Bertz CT molecular complexity index is 566. The van der Waals surface area contributed by atoms with Crippen molar-refractivity contribution in [3.63, 3.8) is 0 Å². The van der Waals surface area contributed by atoms with Gasteiger partial charge < -0.3 is 5.32 Å². The third-order valence-electron chi connectivity index (χ3n) is 3.51. The number of nitrogens with zero attached hydrogens (tertiary/aromatic N) is 3. The number of hydrogen-bond donors (Lipinski definition) is 1. The van der Waals surface area contributed by atoms with E-state index in [0.717, 1.165) is 22.9 Å². The molecule has 3 heterocycles. The molecule has 1 aromatic rings. The predicted molar refractivity (Wildman–Crippen MR) is 64.9 cm³/mol. The number of hydrogen-bond acceptors (Lipinski definition) is 4. The average molecular weight is 230 g/mol. The van der Waals surface area contributed by atoms with Crippen molar-refractivity contribution in [3.8, 4) is 0 Å². The zero-order chi connectivity index (χ0) is 12.4. The van der Waals surface area contributed by atoms with Crippen LogP contribution >= 0.6 is 0 Å². The number of rotatable bonds is 0. The minimum Gasteiger partial charge on any atom is -0.344 e. The second-order valence-corrected chi connectivity index (χ2v) is 4.92. The quantitative estimate of drug-likeness (QED) is 0.731. The van der Waals surface area contributed by atoms with Crippen LogP contribution in [-0.2, 0) is 10.2 Å². The van der Waals surface area contributed by atoms with E-state index in [1.54, 1.807) is 11.9 Å². The van der Waals surface area contributed by atoms with Gasteiger partial charge in [0.1, 0.15) is 17.5 Å². The van der Waals surface area contributed by atoms with E-state index in [1.165, 1.54) is 0 Å². The molecule has 0 saturated carbocycles. The van der Waals surface area contributed by atoms with Gasteiger partial charge in [0.15, 0.2) is 0 Å². The molecule has 0 spiro atoms. The van der Waals surface area contributed by atoms with E-state index in [1.807, 2.05) is 13.8 Å². The van der Waals surface area contributed by atoms with Gasteiger partial charge in [-0.05, 0) is 13.8 Å². The summed E-state index contributed by atoms with van der Waals surface area (Å²) in [5, 5.41) is 3.15. The van der Waals surface area contributed by atoms with E-state index in [-0.39, 0.29) is 5.91 Å². The molecular formula is C12H14N4O. The Kier molecular flexibility index (Phi) is 1.72. The summed E-state index contributed by atoms with van der Waals surface area (Å²) >= 11 is 0. The van der Waals surface area contributed by atoms with Crippen molar-refractivity contribution in [1.29, 1.82) is 0 Å². The molecule has 3 rings (SSSR count). The van der Waals surface area contributed by atoms with Gasteiger partial charge in [-0.15, -0.1) is 0 Å². The number of likely N-dealkylation sites (N-methyl/N-ethyl adjacent to an activating group) is 1. The Morgan fingerprint density at radius 1 is 1.47 bits per heavy atom. The van der Waals surface area contributed by atoms with Crippen LogP contribution in [0, 0.1) is 6.92 Å². The van der Waals surface area contributed by atoms with Crippen LogP contribution in [0.4, 0.5) is 11.6 Å². The fourth-order valence-corrected chi connectivity index (χ4v) is 2.77. The maximum atomic E-state index is 12.3. The Morgan fingerprint density at radius 2 is 2.18 bits per heavy atom. The lowest BCUT2D eigenvalue weighted by Crippen LogP contribution is -2.39. The summed E-state index contributed by atoms with van der Waals surface area (Å²) in [5.41, 5.74) is 1.17. The van der Waals surface area contributed by atoms with Crippen molar-refractivity contribution < 1.29 is 4.79 Å². The van der Waals surface area contributed by atoms with Crippen LogP contribution in [0.5, 0.6) is 0 Å². The number of anilines is 2. The van der Waals surface area contributed by atoms with Crippen LogP contribution in [0.1, 0.15) is 24.7 Å². The fraction of sp³-hybridized carbons (Fsp3) is 0.417. The van der Waals surface area contributed by atoms with Gasteiger partial charge in [-0.3, -0.25) is 9.69 Å². The topological polar surface area (TPSA) is 58.1 Å². The standard InChI is InChI=1S/C12H14N4O/c1-6-5-12(3)8-9(13-6)14-7(2)15-10(8)16(4)11(12)17/h1,5H2,2-4H3,(H,13,14,15). The van der Waals surface area contributed by atoms with Crippen molar-refractivity contribution >= 4 is 17.5 Å². The molecule has 1 aromatic heterocycles. The van der Waals surface area contributed by atoms with Gasteiger partial charge in [0.2, 0.25) is 5.91 Å². The SMILES string of the molecule is C=C1CC2(C)C(=O)N(C)c3nc(C)nc(c32)N1. The highest BCUT2D eigenvalue weighted by molar-refractivity contribution is 6.08. The summed E-state index contributed by atoms with van der Waals surface area (Å²) in [6, 6.07) is 0. The van der Waals surface area contributed by atoms with Gasteiger partial charge in [-0.1, -0.05) is 6.58 Å². The van der Waals surface area contributed by atoms with Crippen molar-refractivity contribution in [2.24, 2.45) is 0 Å². The Labute approximate surface area is 99.6 Å². The van der Waals surface area contributed by atoms with E-state index in [2.05, 4.69) is 21.9 Å². The van der Waals surface area contributed by atoms with E-state index >= 15 is 0 Å². The van der Waals surface area contributed by atoms with Crippen molar-refractivity contribution in [1.82, 2.24) is 9.97 Å². The normalized spacial score (nSPS) is 25.9. The van der Waals surface area contributed by atoms with Crippen LogP contribution in [0.2, 0.25) is 0 Å². The van der Waals surface area contributed by atoms with Gasteiger partial charge in [0.25, 0.3) is 0 Å². The van der Waals surface area contributed by atoms with Gasteiger partial charge in [0, 0.05) is 19.2 Å². The molecule has 1 N–H and O–H groups in total. The minimum absolute atomic E-state index is 0.0660. The molecule has 88 valence electrons. The van der Waals surface area contributed by atoms with Gasteiger partial charge in [-0.2, -0.15) is 0 Å². The Hall–Kier alpha value is -1.91. The van der Waals surface area contributed by atoms with Gasteiger partial charge >= 0.3 is 0 Å². The van der Waals surface area contributed by atoms with Gasteiger partial charge in [0.05, 0.1) is 11.0 Å². The molecule has 17 heavy (non-hydrogen) atoms. The van der Waals surface area contributed by atoms with E-state index in [4.69, 9.17) is 0 Å². The molecule has 1 unspecified atom stereocenters. The summed E-state index contributed by atoms with van der Waals surface area (Å²) in [5.74, 6) is 2.17. The van der Waals surface area contributed by atoms with E-state index in [9.17, 15) is 4.79 Å². The molecular weight excluding hydrogens is 216 g/mol. The third kappa shape index (κ3) is 1.11. The second kappa shape index (κ2) is 2.85. The zero-order valence-corrected chi connectivity index (χ0v) is 10.2. The van der Waals surface area contributed by atoms with Crippen molar-refractivity contribution in [3.05, 3.63) is 23.7 Å². The fourth-order valence-electron chi connectivity index (χ4n) is 2.77. The monoisotopic (exact) mass is 230 g/mol. The molecule has 1 amide bonds. The molecule has 0 fully saturated rings. The van der Waals surface area contributed by atoms with Crippen LogP contribution < -0.4 is 10.2 Å². The number of nitrogens with one attached hydrogen (secondary N) is 1. The number of allylic oxidation sites excluding steroid dienone is 1. The average Bonchev–Trinajstić information content (AvgIpc) is 2.40. The smallest absolute Gasteiger partial charge is 0.238 e. The van der Waals surface area contributed by atoms with Crippen LogP contribution in [0.3, 0.4) is 0 Å². The third-order valence-corrected chi connectivity index (χ3v) is 3.51. The number of carbonyl (C=O) groups is 1. The first-order valence-corrected chi connectivity index (χ1v) is 5.55. The molecule has 2 aliphatic heterocycles. The first-order chi connectivity index (χ1) is 7.93. The molecule has 2 aliphatic rings. The maximum absolute atomic E-state index is 12.3. The van der Waals surface area contributed by atoms with Crippen LogP contribution in [0.25, 0.3) is 0 Å². The van der Waals surface area contributed by atoms with E-state index in [0.29, 0.717) is 12.2 Å². The second-order valence-electron chi connectivity index (χ2n) is 4.92. The number of amides is 1. The predicted octanol–water partition coefficient (Wildman–Crippen LogP) is 1.35. The zero-order valence-electron chi connectivity index (χ0n) is 10.2. The number of aromatic nitrogens is 2. The van der Waals surface area contributed by atoms with Crippen molar-refractivity contribution in [2.45, 2.75) is 25.7 Å². The number of aryl methyl sites for hydroxylation is 1. The molecule has 0 bridgehead atoms. The molecule has 0 aromatic carbocycles. The Balaban J connectivity index is 2.37. The minimum atomic E-state index is -0.560. The first kappa shape index (κ1) is 10.3. The summed E-state index contributed by atoms with van der Waals surface area (Å²) in [7, 11) is 1.76. The van der Waals surface area contributed by atoms with Crippen molar-refractivity contribution in [2.75, 3.05) is 17.3 Å². The molecule has 0 saturated heterocycles. The molecule has 5 heteroatoms. The largest absolute Gasteiger partial charge is 0.344 e. The molecule has 1 atom stereocenters. The molecule has 5 nitrogen and oxygen atoms in total. The molecule has 0 radical (unpaired) electrons. The van der Waals surface area contributed by atoms with Gasteiger partial charge in [-0.25, -0.2) is 9.97 Å². The highest BCUT2D eigenvalue weighted by Gasteiger charge is 2.51. The maximum Gasteiger partial charge on any atom is 0.238 e. The lowest BCUT2D eigenvalue weighted by molar-refractivity contribution is -0.122. The molecule has 0 aliphatic carbocycles. The van der Waals surface area contributed by atoms with Crippen LogP contribution in [0.15, 0.2) is 12.3 Å². The summed E-state index contributed by atoms with van der Waals surface area (Å²) in [4.78, 5) is 22.7. The number of carbonyl (C=O) groups excluding carboxylic acids is 1. The summed E-state index contributed by atoms with van der Waals surface area (Å²) < 4.78 is 0. The highest BCUT2D eigenvalue weighted by atomic mass is 16.2. The highest BCUT2D eigenvalue weighted by Crippen LogP contribution is 2.49.